The van der Waals surface area contributed by atoms with E-state index in [1.165, 1.54) is 11.0 Å². The Bertz CT molecular complexity index is 1470. The molecule has 0 aliphatic carbocycles. The number of carbonyl (C=O) groups excluding carboxylic acids is 1. The quantitative estimate of drug-likeness (QED) is 0.467. The molecule has 0 unspecified atom stereocenters. The number of aromatic nitrogens is 6. The van der Waals surface area contributed by atoms with Gasteiger partial charge in [-0.3, -0.25) is 4.79 Å². The minimum absolute atomic E-state index is 0.0331. The average Bonchev–Trinajstić information content (AvgIpc) is 3.42. The maximum atomic E-state index is 14.0. The predicted molar refractivity (Wildman–Crippen MR) is 112 cm³/mol. The summed E-state index contributed by atoms with van der Waals surface area (Å²) in [6.45, 7) is 1.85. The van der Waals surface area contributed by atoms with Crippen molar-refractivity contribution >= 4 is 17.2 Å². The summed E-state index contributed by atoms with van der Waals surface area (Å²) in [5, 5.41) is 11.0. The van der Waals surface area contributed by atoms with E-state index >= 15 is 0 Å². The molecule has 0 atom stereocenters. The van der Waals surface area contributed by atoms with E-state index in [4.69, 9.17) is 0 Å². The lowest BCUT2D eigenvalue weighted by Crippen LogP contribution is -2.14. The Kier molecular flexibility index (Phi) is 4.66. The summed E-state index contributed by atoms with van der Waals surface area (Å²) in [5.41, 5.74) is 2.61. The van der Waals surface area contributed by atoms with Crippen molar-refractivity contribution in [2.45, 2.75) is 6.92 Å². The highest BCUT2D eigenvalue weighted by Gasteiger charge is 2.19. The van der Waals surface area contributed by atoms with Crippen molar-refractivity contribution < 1.29 is 13.6 Å². The number of pyridine rings is 2. The van der Waals surface area contributed by atoms with Crippen molar-refractivity contribution in [3.8, 4) is 17.1 Å². The minimum Gasteiger partial charge on any atom is -0.318 e. The highest BCUT2D eigenvalue weighted by atomic mass is 19.1. The Hall–Kier alpha value is -4.47. The van der Waals surface area contributed by atoms with E-state index in [0.29, 0.717) is 28.8 Å². The van der Waals surface area contributed by atoms with E-state index in [1.807, 2.05) is 25.1 Å². The van der Waals surface area contributed by atoms with Crippen LogP contribution in [-0.2, 0) is 0 Å². The van der Waals surface area contributed by atoms with Crippen LogP contribution in [0.25, 0.3) is 22.7 Å². The highest BCUT2D eigenvalue weighted by molar-refractivity contribution is 6.03. The molecular weight excluding hydrogens is 416 g/mol. The van der Waals surface area contributed by atoms with Gasteiger partial charge in [0.05, 0.1) is 11.4 Å². The molecule has 0 aliphatic rings. The van der Waals surface area contributed by atoms with Gasteiger partial charge in [-0.15, -0.1) is 0 Å². The number of benzene rings is 1. The normalized spacial score (nSPS) is 11.1. The van der Waals surface area contributed by atoms with E-state index in [-0.39, 0.29) is 11.4 Å². The van der Waals surface area contributed by atoms with E-state index in [0.717, 1.165) is 17.8 Å². The van der Waals surface area contributed by atoms with Gasteiger partial charge in [-0.1, -0.05) is 6.07 Å². The second kappa shape index (κ2) is 7.65. The second-order valence-corrected chi connectivity index (χ2v) is 7.02. The first-order chi connectivity index (χ1) is 15.5. The number of nitrogens with zero attached hydrogens (tertiary/aromatic N) is 6. The molecule has 0 bridgehead atoms. The van der Waals surface area contributed by atoms with Gasteiger partial charge in [-0.25, -0.2) is 27.9 Å². The molecule has 32 heavy (non-hydrogen) atoms. The lowest BCUT2D eigenvalue weighted by atomic mass is 10.2. The van der Waals surface area contributed by atoms with Crippen molar-refractivity contribution in [3.63, 3.8) is 0 Å². The molecule has 1 amide bonds. The monoisotopic (exact) mass is 431 g/mol. The van der Waals surface area contributed by atoms with Gasteiger partial charge in [-0.05, 0) is 49.4 Å². The molecule has 4 heterocycles. The zero-order chi connectivity index (χ0) is 22.2. The van der Waals surface area contributed by atoms with Gasteiger partial charge in [-0.2, -0.15) is 10.2 Å². The first kappa shape index (κ1) is 19.5. The molecule has 0 aliphatic heterocycles. The molecule has 5 aromatic rings. The van der Waals surface area contributed by atoms with E-state index in [2.05, 4.69) is 25.5 Å². The predicted octanol–water partition coefficient (Wildman–Crippen LogP) is 3.82. The molecule has 8 nitrogen and oxygen atoms in total. The molecular formula is C22H15F2N7O. The first-order valence-corrected chi connectivity index (χ1v) is 9.58. The first-order valence-electron chi connectivity index (χ1n) is 9.58. The van der Waals surface area contributed by atoms with Crippen LogP contribution in [0.1, 0.15) is 16.2 Å². The number of fused-ring (bicyclic) bond motifs is 1. The zero-order valence-electron chi connectivity index (χ0n) is 16.7. The number of rotatable bonds is 4. The summed E-state index contributed by atoms with van der Waals surface area (Å²) in [5.74, 6) is -1.76. The molecule has 0 saturated carbocycles. The number of nitrogens with one attached hydrogen (secondary N) is 1. The molecule has 0 radical (unpaired) electrons. The topological polar surface area (TPSA) is 90.0 Å². The van der Waals surface area contributed by atoms with Gasteiger partial charge in [0.1, 0.15) is 18.0 Å². The number of anilines is 1. The minimum atomic E-state index is -0.880. The Morgan fingerprint density at radius 2 is 1.94 bits per heavy atom. The van der Waals surface area contributed by atoms with Gasteiger partial charge < -0.3 is 5.32 Å². The molecule has 1 N–H and O–H groups in total. The van der Waals surface area contributed by atoms with Gasteiger partial charge in [0.2, 0.25) is 0 Å². The van der Waals surface area contributed by atoms with Crippen molar-refractivity contribution in [2.24, 2.45) is 0 Å². The summed E-state index contributed by atoms with van der Waals surface area (Å²) in [7, 11) is 0. The van der Waals surface area contributed by atoms with Crippen molar-refractivity contribution in [1.29, 1.82) is 0 Å². The number of hydrogen-bond acceptors (Lipinski definition) is 5. The molecule has 0 saturated heterocycles. The van der Waals surface area contributed by atoms with E-state index in [9.17, 15) is 13.6 Å². The van der Waals surface area contributed by atoms with E-state index < -0.39 is 17.5 Å². The number of aryl methyl sites for hydroxylation is 1. The lowest BCUT2D eigenvalue weighted by molar-refractivity contribution is 0.102. The SMILES string of the molecule is Cc1cccc(-n2nc(C(=O)Nc3ccc(F)cc3F)cc2-c2ccc3ncnn3c2)n1. The van der Waals surface area contributed by atoms with Gasteiger partial charge in [0.15, 0.2) is 17.2 Å². The van der Waals surface area contributed by atoms with Crippen LogP contribution in [0.4, 0.5) is 14.5 Å². The maximum Gasteiger partial charge on any atom is 0.276 e. The van der Waals surface area contributed by atoms with Crippen LogP contribution in [0.15, 0.2) is 67.1 Å². The smallest absolute Gasteiger partial charge is 0.276 e. The summed E-state index contributed by atoms with van der Waals surface area (Å²) in [4.78, 5) is 21.4. The molecule has 0 spiro atoms. The van der Waals surface area contributed by atoms with Crippen LogP contribution in [0.2, 0.25) is 0 Å². The van der Waals surface area contributed by atoms with Crippen LogP contribution in [-0.4, -0.2) is 35.3 Å². The van der Waals surface area contributed by atoms with Crippen LogP contribution in [0.3, 0.4) is 0 Å². The number of amides is 1. The standard InChI is InChI=1S/C22H15F2N7O/c1-13-3-2-4-21(27-13)31-19(14-5-8-20-25-12-26-30(20)11-14)10-18(29-31)22(32)28-17-7-6-15(23)9-16(17)24/h2-12H,1H3,(H,28,32). The zero-order valence-corrected chi connectivity index (χ0v) is 16.7. The fourth-order valence-corrected chi connectivity index (χ4v) is 3.26. The van der Waals surface area contributed by atoms with Crippen molar-refractivity contribution in [3.05, 3.63) is 90.1 Å². The fraction of sp³-hybridized carbons (Fsp3) is 0.0455. The third-order valence-corrected chi connectivity index (χ3v) is 4.78. The Labute approximate surface area is 180 Å². The molecule has 10 heteroatoms. The van der Waals surface area contributed by atoms with Crippen LogP contribution < -0.4 is 5.32 Å². The summed E-state index contributed by atoms with van der Waals surface area (Å²) >= 11 is 0. The fourth-order valence-electron chi connectivity index (χ4n) is 3.26. The lowest BCUT2D eigenvalue weighted by Gasteiger charge is -2.07. The Balaban J connectivity index is 1.59. The van der Waals surface area contributed by atoms with Gasteiger partial charge in [0, 0.05) is 23.5 Å². The Morgan fingerprint density at radius 3 is 2.75 bits per heavy atom. The summed E-state index contributed by atoms with van der Waals surface area (Å²) in [6.07, 6.45) is 3.20. The second-order valence-electron chi connectivity index (χ2n) is 7.02. The van der Waals surface area contributed by atoms with Crippen LogP contribution in [0.5, 0.6) is 0 Å². The summed E-state index contributed by atoms with van der Waals surface area (Å²) < 4.78 is 30.3. The molecule has 1 aromatic carbocycles. The highest BCUT2D eigenvalue weighted by Crippen LogP contribution is 2.25. The van der Waals surface area contributed by atoms with Crippen LogP contribution in [0, 0.1) is 18.6 Å². The van der Waals surface area contributed by atoms with Crippen LogP contribution >= 0.6 is 0 Å². The number of halogens is 2. The van der Waals surface area contributed by atoms with Gasteiger partial charge in [0.25, 0.3) is 5.91 Å². The molecule has 4 aromatic heterocycles. The third-order valence-electron chi connectivity index (χ3n) is 4.78. The molecule has 158 valence electrons. The largest absolute Gasteiger partial charge is 0.318 e. The third kappa shape index (κ3) is 3.58. The van der Waals surface area contributed by atoms with E-state index in [1.54, 1.807) is 28.9 Å². The van der Waals surface area contributed by atoms with Crippen molar-refractivity contribution in [1.82, 2.24) is 29.4 Å². The number of hydrogen-bond donors (Lipinski definition) is 1. The van der Waals surface area contributed by atoms with Crippen molar-refractivity contribution in [2.75, 3.05) is 5.32 Å². The Morgan fingerprint density at radius 1 is 1.06 bits per heavy atom. The summed E-state index contributed by atoms with van der Waals surface area (Å²) in [6, 6.07) is 13.5. The molecule has 5 rings (SSSR count). The van der Waals surface area contributed by atoms with Gasteiger partial charge >= 0.3 is 0 Å². The molecule has 0 fully saturated rings. The maximum absolute atomic E-state index is 14.0. The number of carbonyl (C=O) groups is 1. The average molecular weight is 431 g/mol.